The van der Waals surface area contributed by atoms with Gasteiger partial charge in [-0.2, -0.15) is 0 Å². The fourth-order valence-corrected chi connectivity index (χ4v) is 4.18. The van der Waals surface area contributed by atoms with Gasteiger partial charge in [-0.15, -0.1) is 0 Å². The molecule has 0 radical (unpaired) electrons. The second kappa shape index (κ2) is 10.1. The number of benzene rings is 2. The van der Waals surface area contributed by atoms with Gasteiger partial charge in [0.05, 0.1) is 4.92 Å². The molecular weight excluding hydrogens is 467 g/mol. The third-order valence-electron chi connectivity index (χ3n) is 5.21. The smallest absolute Gasteiger partial charge is 0.410 e. The molecule has 1 amide bonds. The zero-order valence-electron chi connectivity index (χ0n) is 19.1. The van der Waals surface area contributed by atoms with Crippen LogP contribution >= 0.6 is 23.2 Å². The Kier molecular flexibility index (Phi) is 7.59. The van der Waals surface area contributed by atoms with Crippen molar-refractivity contribution in [3.05, 3.63) is 62.1 Å². The monoisotopic (exact) mass is 494 g/mol. The van der Waals surface area contributed by atoms with Gasteiger partial charge in [0.25, 0.3) is 5.69 Å². The van der Waals surface area contributed by atoms with Crippen molar-refractivity contribution in [2.75, 3.05) is 36.4 Å². The number of rotatable bonds is 5. The summed E-state index contributed by atoms with van der Waals surface area (Å²) in [5.41, 5.74) is 1.58. The number of carbonyl (C=O) groups excluding carboxylic acids is 1. The van der Waals surface area contributed by atoms with Gasteiger partial charge in [-0.25, -0.2) is 4.79 Å². The SMILES string of the molecule is CC(Nc1ccc([N+](=O)[O-])c(N2CCN(C(=O)OC(C)(C)C)CC2)c1)c1cc(Cl)cc(Cl)c1. The van der Waals surface area contributed by atoms with Crippen LogP contribution in [-0.4, -0.2) is 47.7 Å². The summed E-state index contributed by atoms with van der Waals surface area (Å²) < 4.78 is 5.43. The fourth-order valence-electron chi connectivity index (χ4n) is 3.64. The average molecular weight is 495 g/mol. The predicted octanol–water partition coefficient (Wildman–Crippen LogP) is 6.13. The number of nitrogens with zero attached hydrogens (tertiary/aromatic N) is 3. The molecule has 1 aliphatic heterocycles. The quantitative estimate of drug-likeness (QED) is 0.397. The van der Waals surface area contributed by atoms with Crippen LogP contribution in [0, 0.1) is 10.1 Å². The number of amides is 1. The van der Waals surface area contributed by atoms with Crippen LogP contribution in [0.25, 0.3) is 0 Å². The summed E-state index contributed by atoms with van der Waals surface area (Å²) in [6.07, 6.45) is -0.374. The first-order valence-corrected chi connectivity index (χ1v) is 11.4. The van der Waals surface area contributed by atoms with E-state index in [0.29, 0.717) is 41.9 Å². The van der Waals surface area contributed by atoms with Gasteiger partial charge in [-0.05, 0) is 63.6 Å². The first-order valence-electron chi connectivity index (χ1n) is 10.7. The number of nitro groups is 1. The Bertz CT molecular complexity index is 1010. The number of piperazine rings is 1. The third-order valence-corrected chi connectivity index (χ3v) is 5.65. The van der Waals surface area contributed by atoms with E-state index in [4.69, 9.17) is 27.9 Å². The van der Waals surface area contributed by atoms with Gasteiger partial charge in [-0.3, -0.25) is 10.1 Å². The molecule has 178 valence electrons. The molecule has 8 nitrogen and oxygen atoms in total. The molecule has 3 rings (SSSR count). The van der Waals surface area contributed by atoms with Gasteiger partial charge in [0.1, 0.15) is 11.3 Å². The van der Waals surface area contributed by atoms with Crippen LogP contribution in [0.5, 0.6) is 0 Å². The van der Waals surface area contributed by atoms with Crippen molar-refractivity contribution in [3.8, 4) is 0 Å². The van der Waals surface area contributed by atoms with E-state index in [9.17, 15) is 14.9 Å². The first kappa shape index (κ1) is 24.9. The molecule has 2 aromatic rings. The molecule has 1 heterocycles. The minimum Gasteiger partial charge on any atom is -0.444 e. The van der Waals surface area contributed by atoms with Crippen LogP contribution in [0.15, 0.2) is 36.4 Å². The molecule has 0 bridgehead atoms. The molecular formula is C23H28Cl2N4O4. The maximum Gasteiger partial charge on any atom is 0.410 e. The zero-order chi connectivity index (χ0) is 24.3. The lowest BCUT2D eigenvalue weighted by Gasteiger charge is -2.36. The standard InChI is InChI=1S/C23H28Cl2N4O4/c1-15(16-11-17(24)13-18(25)12-16)26-19-5-6-20(29(31)32)21(14-19)27-7-9-28(10-8-27)22(30)33-23(2,3)4/h5-6,11-15,26H,7-10H2,1-4H3. The molecule has 0 spiro atoms. The molecule has 1 unspecified atom stereocenters. The Morgan fingerprint density at radius 1 is 1.09 bits per heavy atom. The molecule has 1 N–H and O–H groups in total. The predicted molar refractivity (Wildman–Crippen MR) is 132 cm³/mol. The summed E-state index contributed by atoms with van der Waals surface area (Å²) in [6, 6.07) is 10.1. The van der Waals surface area contributed by atoms with Crippen molar-refractivity contribution in [3.63, 3.8) is 0 Å². The van der Waals surface area contributed by atoms with E-state index < -0.39 is 5.60 Å². The molecule has 33 heavy (non-hydrogen) atoms. The van der Waals surface area contributed by atoms with E-state index in [1.807, 2.05) is 44.7 Å². The Balaban J connectivity index is 1.76. The highest BCUT2D eigenvalue weighted by atomic mass is 35.5. The Hall–Kier alpha value is -2.71. The molecule has 1 fully saturated rings. The zero-order valence-corrected chi connectivity index (χ0v) is 20.6. The number of hydrogen-bond donors (Lipinski definition) is 1. The minimum absolute atomic E-state index is 0.0183. The lowest BCUT2D eigenvalue weighted by atomic mass is 10.1. The molecule has 10 heteroatoms. The van der Waals surface area contributed by atoms with Gasteiger partial charge in [0, 0.05) is 54.0 Å². The summed E-state index contributed by atoms with van der Waals surface area (Å²) in [6.45, 7) is 9.18. The van der Waals surface area contributed by atoms with Gasteiger partial charge in [0.2, 0.25) is 0 Å². The number of ether oxygens (including phenoxy) is 1. The average Bonchev–Trinajstić information content (AvgIpc) is 2.71. The second-order valence-electron chi connectivity index (χ2n) is 8.98. The first-order chi connectivity index (χ1) is 15.4. The summed E-state index contributed by atoms with van der Waals surface area (Å²) in [5.74, 6) is 0. The lowest BCUT2D eigenvalue weighted by molar-refractivity contribution is -0.384. The fraction of sp³-hybridized carbons (Fsp3) is 0.435. The molecule has 0 aromatic heterocycles. The van der Waals surface area contributed by atoms with Gasteiger partial charge in [0.15, 0.2) is 0 Å². The third kappa shape index (κ3) is 6.65. The summed E-state index contributed by atoms with van der Waals surface area (Å²) >= 11 is 12.2. The van der Waals surface area contributed by atoms with Crippen molar-refractivity contribution in [2.45, 2.75) is 39.3 Å². The van der Waals surface area contributed by atoms with E-state index >= 15 is 0 Å². The van der Waals surface area contributed by atoms with E-state index in [1.165, 1.54) is 6.07 Å². The van der Waals surface area contributed by atoms with Crippen molar-refractivity contribution in [2.24, 2.45) is 0 Å². The number of halogens is 2. The number of anilines is 2. The Morgan fingerprint density at radius 2 is 1.70 bits per heavy atom. The number of nitro benzene ring substituents is 1. The summed E-state index contributed by atoms with van der Waals surface area (Å²) in [5, 5.41) is 16.1. The van der Waals surface area contributed by atoms with Crippen molar-refractivity contribution < 1.29 is 14.5 Å². The van der Waals surface area contributed by atoms with E-state index in [1.54, 1.807) is 23.1 Å². The van der Waals surface area contributed by atoms with E-state index in [2.05, 4.69) is 5.32 Å². The Morgan fingerprint density at radius 3 is 2.24 bits per heavy atom. The van der Waals surface area contributed by atoms with Gasteiger partial charge >= 0.3 is 6.09 Å². The highest BCUT2D eigenvalue weighted by molar-refractivity contribution is 6.34. The van der Waals surface area contributed by atoms with Crippen LogP contribution in [0.4, 0.5) is 21.9 Å². The molecule has 1 atom stereocenters. The maximum atomic E-state index is 12.3. The number of hydrogen-bond acceptors (Lipinski definition) is 6. The van der Waals surface area contributed by atoms with Crippen molar-refractivity contribution in [1.29, 1.82) is 0 Å². The molecule has 0 aliphatic carbocycles. The molecule has 1 aliphatic rings. The van der Waals surface area contributed by atoms with Crippen LogP contribution in [0.3, 0.4) is 0 Å². The van der Waals surface area contributed by atoms with Crippen LogP contribution in [0.2, 0.25) is 10.0 Å². The summed E-state index contributed by atoms with van der Waals surface area (Å²) in [4.78, 5) is 27.2. The Labute approximate surface area is 203 Å². The minimum atomic E-state index is -0.573. The molecule has 2 aromatic carbocycles. The van der Waals surface area contributed by atoms with Gasteiger partial charge < -0.3 is 19.9 Å². The van der Waals surface area contributed by atoms with Crippen LogP contribution in [-0.2, 0) is 4.74 Å². The second-order valence-corrected chi connectivity index (χ2v) is 9.86. The molecule has 0 saturated carbocycles. The molecule has 1 saturated heterocycles. The lowest BCUT2D eigenvalue weighted by Crippen LogP contribution is -2.50. The number of nitrogens with one attached hydrogen (secondary N) is 1. The van der Waals surface area contributed by atoms with Gasteiger partial charge in [-0.1, -0.05) is 23.2 Å². The van der Waals surface area contributed by atoms with Crippen molar-refractivity contribution in [1.82, 2.24) is 4.90 Å². The maximum absolute atomic E-state index is 12.3. The summed E-state index contributed by atoms with van der Waals surface area (Å²) in [7, 11) is 0. The largest absolute Gasteiger partial charge is 0.444 e. The highest BCUT2D eigenvalue weighted by Crippen LogP contribution is 2.34. The van der Waals surface area contributed by atoms with Crippen molar-refractivity contribution >= 4 is 46.4 Å². The van der Waals surface area contributed by atoms with E-state index in [0.717, 1.165) is 11.3 Å². The number of carbonyl (C=O) groups is 1. The van der Waals surface area contributed by atoms with Crippen LogP contribution in [0.1, 0.15) is 39.3 Å². The normalized spacial score (nSPS) is 15.2. The topological polar surface area (TPSA) is 88.0 Å². The van der Waals surface area contributed by atoms with Crippen LogP contribution < -0.4 is 10.2 Å². The van der Waals surface area contributed by atoms with E-state index in [-0.39, 0.29) is 22.7 Å². The highest BCUT2D eigenvalue weighted by Gasteiger charge is 2.29.